The Balaban J connectivity index is 1.61. The molecule has 188 valence electrons. The van der Waals surface area contributed by atoms with E-state index in [1.165, 1.54) is 33.4 Å². The van der Waals surface area contributed by atoms with Crippen LogP contribution in [0, 0.1) is 13.8 Å². The summed E-state index contributed by atoms with van der Waals surface area (Å²) in [4.78, 5) is 0. The molecule has 1 nitrogen and oxygen atoms in total. The molecule has 0 saturated heterocycles. The van der Waals surface area contributed by atoms with Crippen LogP contribution in [0.15, 0.2) is 146 Å². The molecule has 0 aliphatic rings. The Bertz CT molecular complexity index is 1570. The van der Waals surface area contributed by atoms with Crippen LogP contribution in [0.1, 0.15) is 11.1 Å². The molecule has 0 heterocycles. The van der Waals surface area contributed by atoms with Gasteiger partial charge in [0.15, 0.2) is 0 Å². The maximum Gasteiger partial charge on any atom is 0.135 e. The zero-order chi connectivity index (χ0) is 26.6. The molecule has 6 aromatic carbocycles. The van der Waals surface area contributed by atoms with Crippen molar-refractivity contribution in [2.75, 3.05) is 0 Å². The highest BCUT2D eigenvalue weighted by Gasteiger charge is 2.21. The molecule has 0 aliphatic heterocycles. The summed E-state index contributed by atoms with van der Waals surface area (Å²) in [6, 6.07) is 50.9. The Morgan fingerprint density at radius 1 is 0.308 bits per heavy atom. The molecule has 6 aromatic rings. The molecule has 0 N–H and O–H groups in total. The molecule has 0 fully saturated rings. The van der Waals surface area contributed by atoms with Crippen LogP contribution < -0.4 is 4.74 Å². The van der Waals surface area contributed by atoms with E-state index in [9.17, 15) is 0 Å². The SMILES string of the molecule is Cc1ccc(Oc2ccc(C)c(-c3ccccc3)c2-c2ccccc2)c(-c2ccccc2)c1-c1ccccc1. The minimum absolute atomic E-state index is 0.839. The normalized spacial score (nSPS) is 10.8. The van der Waals surface area contributed by atoms with Crippen molar-refractivity contribution in [3.63, 3.8) is 0 Å². The van der Waals surface area contributed by atoms with E-state index >= 15 is 0 Å². The second-order valence-electron chi connectivity index (χ2n) is 9.83. The molecular formula is C38H30O. The fourth-order valence-electron chi connectivity index (χ4n) is 5.40. The van der Waals surface area contributed by atoms with Gasteiger partial charge in [0.05, 0.1) is 0 Å². The standard InChI is InChI=1S/C38H30O/c1-27-23-25-33(37(31-19-11-5-12-20-31)35(27)29-15-7-3-8-16-29)39-34-26-24-28(2)36(30-17-9-4-10-18-30)38(34)32-21-13-6-14-22-32/h3-26H,1-2H3. The quantitative estimate of drug-likeness (QED) is 0.220. The van der Waals surface area contributed by atoms with E-state index in [-0.39, 0.29) is 0 Å². The zero-order valence-electron chi connectivity index (χ0n) is 22.3. The van der Waals surface area contributed by atoms with E-state index in [4.69, 9.17) is 4.74 Å². The van der Waals surface area contributed by atoms with Crippen molar-refractivity contribution in [3.05, 3.63) is 157 Å². The topological polar surface area (TPSA) is 9.23 Å². The number of ether oxygens (including phenoxy) is 1. The van der Waals surface area contributed by atoms with Gasteiger partial charge in [-0.2, -0.15) is 0 Å². The van der Waals surface area contributed by atoms with Crippen LogP contribution in [0.2, 0.25) is 0 Å². The van der Waals surface area contributed by atoms with Crippen molar-refractivity contribution in [3.8, 4) is 56.0 Å². The molecule has 0 aliphatic carbocycles. The Morgan fingerprint density at radius 2 is 0.590 bits per heavy atom. The lowest BCUT2D eigenvalue weighted by atomic mass is 9.89. The number of aryl methyl sites for hydroxylation is 2. The minimum Gasteiger partial charge on any atom is -0.456 e. The predicted octanol–water partition coefficient (Wildman–Crippen LogP) is 10.8. The lowest BCUT2D eigenvalue weighted by molar-refractivity contribution is 0.486. The number of hydrogen-bond donors (Lipinski definition) is 0. The zero-order valence-corrected chi connectivity index (χ0v) is 22.3. The van der Waals surface area contributed by atoms with E-state index in [0.29, 0.717) is 0 Å². The number of benzene rings is 6. The summed E-state index contributed by atoms with van der Waals surface area (Å²) in [5.74, 6) is 1.68. The molecule has 0 bridgehead atoms. The Morgan fingerprint density at radius 3 is 0.897 bits per heavy atom. The van der Waals surface area contributed by atoms with Crippen molar-refractivity contribution in [1.82, 2.24) is 0 Å². The molecule has 0 spiro atoms. The average molecular weight is 503 g/mol. The summed E-state index contributed by atoms with van der Waals surface area (Å²) < 4.78 is 6.98. The van der Waals surface area contributed by atoms with Crippen LogP contribution in [0.4, 0.5) is 0 Å². The third kappa shape index (κ3) is 4.87. The molecule has 1 heteroatoms. The van der Waals surface area contributed by atoms with Gasteiger partial charge in [-0.3, -0.25) is 0 Å². The molecule has 0 unspecified atom stereocenters. The first-order valence-corrected chi connectivity index (χ1v) is 13.4. The van der Waals surface area contributed by atoms with Gasteiger partial charge in [0.1, 0.15) is 11.5 Å². The van der Waals surface area contributed by atoms with E-state index in [0.717, 1.165) is 33.8 Å². The largest absolute Gasteiger partial charge is 0.456 e. The Labute approximate surface area is 231 Å². The molecule has 6 rings (SSSR count). The van der Waals surface area contributed by atoms with Crippen LogP contribution in [0.25, 0.3) is 44.5 Å². The maximum atomic E-state index is 6.98. The monoisotopic (exact) mass is 502 g/mol. The second-order valence-corrected chi connectivity index (χ2v) is 9.83. The van der Waals surface area contributed by atoms with E-state index in [2.05, 4.69) is 159 Å². The molecule has 39 heavy (non-hydrogen) atoms. The van der Waals surface area contributed by atoms with Crippen molar-refractivity contribution in [1.29, 1.82) is 0 Å². The highest BCUT2D eigenvalue weighted by molar-refractivity contribution is 5.92. The van der Waals surface area contributed by atoms with Gasteiger partial charge in [-0.25, -0.2) is 0 Å². The highest BCUT2D eigenvalue weighted by Crippen LogP contribution is 2.47. The molecule has 0 radical (unpaired) electrons. The second kappa shape index (κ2) is 10.8. The maximum absolute atomic E-state index is 6.98. The van der Waals surface area contributed by atoms with Gasteiger partial charge < -0.3 is 4.74 Å². The molecular weight excluding hydrogens is 472 g/mol. The molecule has 0 amide bonds. The van der Waals surface area contributed by atoms with Crippen LogP contribution in [0.5, 0.6) is 11.5 Å². The van der Waals surface area contributed by atoms with Crippen LogP contribution >= 0.6 is 0 Å². The predicted molar refractivity (Wildman–Crippen MR) is 164 cm³/mol. The fourth-order valence-corrected chi connectivity index (χ4v) is 5.40. The summed E-state index contributed by atoms with van der Waals surface area (Å²) >= 11 is 0. The summed E-state index contributed by atoms with van der Waals surface area (Å²) in [6.07, 6.45) is 0. The van der Waals surface area contributed by atoms with Crippen molar-refractivity contribution in [2.24, 2.45) is 0 Å². The fraction of sp³-hybridized carbons (Fsp3) is 0.0526. The first kappa shape index (κ1) is 24.5. The van der Waals surface area contributed by atoms with Crippen molar-refractivity contribution >= 4 is 0 Å². The van der Waals surface area contributed by atoms with E-state index in [1.54, 1.807) is 0 Å². The first-order chi connectivity index (χ1) is 19.2. The summed E-state index contributed by atoms with van der Waals surface area (Å²) in [7, 11) is 0. The lowest BCUT2D eigenvalue weighted by Crippen LogP contribution is -1.98. The van der Waals surface area contributed by atoms with Gasteiger partial charge in [-0.1, -0.05) is 133 Å². The average Bonchev–Trinajstić information content (AvgIpc) is 3.00. The molecule has 0 aromatic heterocycles. The molecule has 0 saturated carbocycles. The van der Waals surface area contributed by atoms with Gasteiger partial charge in [-0.15, -0.1) is 0 Å². The summed E-state index contributed by atoms with van der Waals surface area (Å²) in [5, 5.41) is 0. The Hall–Kier alpha value is -4.88. The summed E-state index contributed by atoms with van der Waals surface area (Å²) in [5.41, 5.74) is 11.6. The number of hydrogen-bond acceptors (Lipinski definition) is 1. The smallest absolute Gasteiger partial charge is 0.135 e. The van der Waals surface area contributed by atoms with Crippen LogP contribution in [-0.2, 0) is 0 Å². The van der Waals surface area contributed by atoms with E-state index < -0.39 is 0 Å². The van der Waals surface area contributed by atoms with Gasteiger partial charge >= 0.3 is 0 Å². The van der Waals surface area contributed by atoms with Crippen LogP contribution in [0.3, 0.4) is 0 Å². The van der Waals surface area contributed by atoms with Gasteiger partial charge in [0.25, 0.3) is 0 Å². The van der Waals surface area contributed by atoms with Crippen molar-refractivity contribution < 1.29 is 4.74 Å². The third-order valence-electron chi connectivity index (χ3n) is 7.22. The van der Waals surface area contributed by atoms with Gasteiger partial charge in [-0.05, 0) is 70.5 Å². The van der Waals surface area contributed by atoms with Gasteiger partial charge in [0, 0.05) is 11.1 Å². The Kier molecular flexibility index (Phi) is 6.80. The number of rotatable bonds is 6. The summed E-state index contributed by atoms with van der Waals surface area (Å²) in [6.45, 7) is 4.35. The van der Waals surface area contributed by atoms with Crippen molar-refractivity contribution in [2.45, 2.75) is 13.8 Å². The minimum atomic E-state index is 0.839. The third-order valence-corrected chi connectivity index (χ3v) is 7.22. The molecule has 0 atom stereocenters. The van der Waals surface area contributed by atoms with Crippen LogP contribution in [-0.4, -0.2) is 0 Å². The van der Waals surface area contributed by atoms with E-state index in [1.807, 2.05) is 0 Å². The van der Waals surface area contributed by atoms with Gasteiger partial charge in [0.2, 0.25) is 0 Å². The first-order valence-electron chi connectivity index (χ1n) is 13.4. The lowest BCUT2D eigenvalue weighted by Gasteiger charge is -2.22. The highest BCUT2D eigenvalue weighted by atomic mass is 16.5.